The molecular weight excluding hydrogens is 178 g/mol. The van der Waals surface area contributed by atoms with Crippen molar-refractivity contribution in [2.75, 3.05) is 13.1 Å². The lowest BCUT2D eigenvalue weighted by Gasteiger charge is -2.31. The summed E-state index contributed by atoms with van der Waals surface area (Å²) in [5.74, 6) is 0.240. The van der Waals surface area contributed by atoms with E-state index in [0.717, 1.165) is 19.5 Å². The van der Waals surface area contributed by atoms with E-state index in [1.165, 1.54) is 0 Å². The van der Waals surface area contributed by atoms with Crippen molar-refractivity contribution in [1.29, 1.82) is 0 Å². The minimum Gasteiger partial charge on any atom is -0.328 e. The van der Waals surface area contributed by atoms with E-state index in [9.17, 15) is 4.79 Å². The summed E-state index contributed by atoms with van der Waals surface area (Å²) in [7, 11) is 0. The van der Waals surface area contributed by atoms with Gasteiger partial charge in [0.1, 0.15) is 0 Å². The lowest BCUT2D eigenvalue weighted by atomic mass is 10.2. The maximum absolute atomic E-state index is 11.5. The molecule has 0 saturated carbocycles. The van der Waals surface area contributed by atoms with Gasteiger partial charge in [0.15, 0.2) is 0 Å². The Labute approximate surface area is 86.0 Å². The summed E-state index contributed by atoms with van der Waals surface area (Å²) in [6.45, 7) is 7.83. The first-order valence-corrected chi connectivity index (χ1v) is 5.35. The second-order valence-corrected chi connectivity index (χ2v) is 4.30. The molecule has 4 heteroatoms. The first-order chi connectivity index (χ1) is 6.52. The average molecular weight is 199 g/mol. The van der Waals surface area contributed by atoms with Crippen molar-refractivity contribution in [1.82, 2.24) is 10.0 Å². The Morgan fingerprint density at radius 1 is 1.43 bits per heavy atom. The molecule has 1 aliphatic rings. The predicted octanol–water partition coefficient (Wildman–Crippen LogP) is 0.581. The number of nitrogens with zero attached hydrogens (tertiary/aromatic N) is 2. The van der Waals surface area contributed by atoms with Crippen molar-refractivity contribution in [3.8, 4) is 0 Å². The highest BCUT2D eigenvalue weighted by Crippen LogP contribution is 2.15. The molecule has 1 saturated heterocycles. The molecule has 1 amide bonds. The lowest BCUT2D eigenvalue weighted by Crippen LogP contribution is -2.44. The lowest BCUT2D eigenvalue weighted by molar-refractivity contribution is -0.141. The molecule has 82 valence electrons. The average Bonchev–Trinajstić information content (AvgIpc) is 2.43. The van der Waals surface area contributed by atoms with Crippen molar-refractivity contribution in [3.63, 3.8) is 0 Å². The molecular formula is C10H21N3O. The molecule has 0 aromatic carbocycles. The van der Waals surface area contributed by atoms with Crippen LogP contribution in [0.15, 0.2) is 0 Å². The van der Waals surface area contributed by atoms with Crippen molar-refractivity contribution < 1.29 is 4.79 Å². The van der Waals surface area contributed by atoms with Gasteiger partial charge in [-0.3, -0.25) is 9.80 Å². The topological polar surface area (TPSA) is 49.6 Å². The van der Waals surface area contributed by atoms with Crippen LogP contribution in [-0.4, -0.2) is 41.1 Å². The van der Waals surface area contributed by atoms with Crippen LogP contribution in [0.4, 0.5) is 0 Å². The highest BCUT2D eigenvalue weighted by atomic mass is 16.2. The summed E-state index contributed by atoms with van der Waals surface area (Å²) in [6.07, 6.45) is 1.59. The molecule has 1 atom stereocenters. The maximum atomic E-state index is 11.5. The van der Waals surface area contributed by atoms with Gasteiger partial charge >= 0.3 is 0 Å². The second kappa shape index (κ2) is 4.75. The molecule has 0 radical (unpaired) electrons. The SMILES string of the molecule is CC(N)CCN1CCC(=O)N1C(C)C. The summed E-state index contributed by atoms with van der Waals surface area (Å²) in [5, 5.41) is 3.98. The number of rotatable bonds is 4. The number of hydrazine groups is 1. The highest BCUT2D eigenvalue weighted by Gasteiger charge is 2.30. The monoisotopic (exact) mass is 199 g/mol. The largest absolute Gasteiger partial charge is 0.328 e. The standard InChI is InChI=1S/C10H21N3O/c1-8(2)13-10(14)5-7-12(13)6-4-9(3)11/h8-9H,4-7,11H2,1-3H3. The number of carbonyl (C=O) groups excluding carboxylic acids is 1. The zero-order valence-corrected chi connectivity index (χ0v) is 9.36. The molecule has 2 N–H and O–H groups in total. The Hall–Kier alpha value is -0.610. The van der Waals surface area contributed by atoms with E-state index in [1.807, 2.05) is 25.8 Å². The second-order valence-electron chi connectivity index (χ2n) is 4.30. The fourth-order valence-electron chi connectivity index (χ4n) is 1.79. The molecule has 0 aliphatic carbocycles. The first-order valence-electron chi connectivity index (χ1n) is 5.35. The van der Waals surface area contributed by atoms with Crippen LogP contribution in [0.1, 0.15) is 33.6 Å². The predicted molar refractivity (Wildman–Crippen MR) is 56.4 cm³/mol. The fourth-order valence-corrected chi connectivity index (χ4v) is 1.79. The normalized spacial score (nSPS) is 20.9. The van der Waals surface area contributed by atoms with Crippen LogP contribution in [0.25, 0.3) is 0 Å². The Morgan fingerprint density at radius 2 is 2.07 bits per heavy atom. The van der Waals surface area contributed by atoms with Crippen LogP contribution in [0.5, 0.6) is 0 Å². The third-order valence-electron chi connectivity index (χ3n) is 2.48. The Balaban J connectivity index is 2.47. The molecule has 1 aliphatic heterocycles. The summed E-state index contributed by atoms with van der Waals surface area (Å²) in [4.78, 5) is 11.5. The Morgan fingerprint density at radius 3 is 2.57 bits per heavy atom. The molecule has 1 rings (SSSR count). The van der Waals surface area contributed by atoms with E-state index in [0.29, 0.717) is 6.42 Å². The van der Waals surface area contributed by atoms with Gasteiger partial charge in [-0.1, -0.05) is 0 Å². The molecule has 0 aromatic rings. The van der Waals surface area contributed by atoms with Gasteiger partial charge in [0.2, 0.25) is 5.91 Å². The summed E-state index contributed by atoms with van der Waals surface area (Å²) < 4.78 is 0. The molecule has 1 heterocycles. The van der Waals surface area contributed by atoms with Crippen LogP contribution in [0, 0.1) is 0 Å². The van der Waals surface area contributed by atoms with Crippen LogP contribution < -0.4 is 5.73 Å². The minimum absolute atomic E-state index is 0.208. The first kappa shape index (κ1) is 11.5. The van der Waals surface area contributed by atoms with Crippen molar-refractivity contribution in [3.05, 3.63) is 0 Å². The third-order valence-corrected chi connectivity index (χ3v) is 2.48. The zero-order valence-electron chi connectivity index (χ0n) is 9.36. The number of amides is 1. The molecule has 4 nitrogen and oxygen atoms in total. The van der Waals surface area contributed by atoms with Crippen molar-refractivity contribution >= 4 is 5.91 Å². The minimum atomic E-state index is 0.208. The van der Waals surface area contributed by atoms with Gasteiger partial charge in [0, 0.05) is 31.6 Å². The molecule has 1 unspecified atom stereocenters. The van der Waals surface area contributed by atoms with Crippen molar-refractivity contribution in [2.24, 2.45) is 5.73 Å². The van der Waals surface area contributed by atoms with Gasteiger partial charge in [-0.2, -0.15) is 0 Å². The van der Waals surface area contributed by atoms with Crippen LogP contribution in [0.2, 0.25) is 0 Å². The number of hydrogen-bond donors (Lipinski definition) is 1. The molecule has 1 fully saturated rings. The number of carbonyl (C=O) groups is 1. The smallest absolute Gasteiger partial charge is 0.238 e. The Bertz CT molecular complexity index is 204. The summed E-state index contributed by atoms with van der Waals surface area (Å²) >= 11 is 0. The molecule has 0 bridgehead atoms. The van der Waals surface area contributed by atoms with Gasteiger partial charge in [-0.05, 0) is 27.2 Å². The van der Waals surface area contributed by atoms with Gasteiger partial charge in [-0.25, -0.2) is 5.01 Å². The zero-order chi connectivity index (χ0) is 10.7. The number of hydrogen-bond acceptors (Lipinski definition) is 3. The van der Waals surface area contributed by atoms with E-state index < -0.39 is 0 Å². The molecule has 0 aromatic heterocycles. The van der Waals surface area contributed by atoms with E-state index >= 15 is 0 Å². The Kier molecular flexibility index (Phi) is 3.89. The van der Waals surface area contributed by atoms with E-state index in [2.05, 4.69) is 5.01 Å². The van der Waals surface area contributed by atoms with E-state index in [4.69, 9.17) is 5.73 Å². The summed E-state index contributed by atoms with van der Waals surface area (Å²) in [6, 6.07) is 0.470. The fraction of sp³-hybridized carbons (Fsp3) is 0.900. The maximum Gasteiger partial charge on any atom is 0.238 e. The van der Waals surface area contributed by atoms with Gasteiger partial charge in [0.25, 0.3) is 0 Å². The van der Waals surface area contributed by atoms with Crippen molar-refractivity contribution in [2.45, 2.75) is 45.7 Å². The van der Waals surface area contributed by atoms with Gasteiger partial charge in [-0.15, -0.1) is 0 Å². The third kappa shape index (κ3) is 2.69. The van der Waals surface area contributed by atoms with Crippen LogP contribution in [-0.2, 0) is 4.79 Å². The van der Waals surface area contributed by atoms with Gasteiger partial charge in [0.05, 0.1) is 0 Å². The quantitative estimate of drug-likeness (QED) is 0.720. The molecule has 14 heavy (non-hydrogen) atoms. The van der Waals surface area contributed by atoms with Gasteiger partial charge < -0.3 is 5.73 Å². The van der Waals surface area contributed by atoms with E-state index in [1.54, 1.807) is 0 Å². The van der Waals surface area contributed by atoms with Crippen LogP contribution >= 0.6 is 0 Å². The van der Waals surface area contributed by atoms with Crippen LogP contribution in [0.3, 0.4) is 0 Å². The molecule has 0 spiro atoms. The summed E-state index contributed by atoms with van der Waals surface area (Å²) in [5.41, 5.74) is 5.70. The highest BCUT2D eigenvalue weighted by molar-refractivity contribution is 5.77. The van der Waals surface area contributed by atoms with E-state index in [-0.39, 0.29) is 18.0 Å². The number of nitrogens with two attached hydrogens (primary N) is 1.